The fourth-order valence-corrected chi connectivity index (χ4v) is 10.5. The highest BCUT2D eigenvalue weighted by Crippen LogP contribution is 2.70. The summed E-state index contributed by atoms with van der Waals surface area (Å²) in [6, 6.07) is 1.94. The first-order valence-corrected chi connectivity index (χ1v) is 15.1. The van der Waals surface area contributed by atoms with Gasteiger partial charge in [-0.2, -0.15) is 0 Å². The highest BCUT2D eigenvalue weighted by molar-refractivity contribution is 6.31. The number of rotatable bonds is 6. The molecule has 0 aliphatic heterocycles. The zero-order chi connectivity index (χ0) is 25.0. The summed E-state index contributed by atoms with van der Waals surface area (Å²) in [5.41, 5.74) is 9.35. The molecule has 196 valence electrons. The molecule has 4 fully saturated rings. The van der Waals surface area contributed by atoms with Gasteiger partial charge in [-0.15, -0.1) is 0 Å². The lowest BCUT2D eigenvalue weighted by atomic mass is 9.40. The Morgan fingerprint density at radius 2 is 1.91 bits per heavy atom. The molecule has 0 aromatic carbocycles. The lowest BCUT2D eigenvalue weighted by Gasteiger charge is -2.67. The molecule has 0 saturated heterocycles. The Labute approximate surface area is 219 Å². The number of nitrogens with two attached hydrogens (primary N) is 1. The third-order valence-electron chi connectivity index (χ3n) is 12.1. The maximum absolute atomic E-state index is 7.40. The summed E-state index contributed by atoms with van der Waals surface area (Å²) >= 11 is 6.35. The summed E-state index contributed by atoms with van der Waals surface area (Å²) in [7, 11) is 0. The molecule has 1 aromatic heterocycles. The first-order chi connectivity index (χ1) is 16.6. The minimum Gasteiger partial charge on any atom is -0.477 e. The second-order valence-electron chi connectivity index (χ2n) is 13.5. The van der Waals surface area contributed by atoms with E-state index in [9.17, 15) is 0 Å². The highest BCUT2D eigenvalue weighted by Gasteiger charge is 2.65. The van der Waals surface area contributed by atoms with Crippen molar-refractivity contribution in [2.45, 2.75) is 111 Å². The molecule has 0 bridgehead atoms. The Morgan fingerprint density at radius 1 is 1.14 bits per heavy atom. The van der Waals surface area contributed by atoms with Crippen LogP contribution in [0.5, 0.6) is 5.88 Å². The minimum absolute atomic E-state index is 0.0723. The number of pyridine rings is 1. The first-order valence-electron chi connectivity index (χ1n) is 14.7. The van der Waals surface area contributed by atoms with E-state index in [2.05, 4.69) is 32.7 Å². The zero-order valence-electron chi connectivity index (χ0n) is 22.9. The van der Waals surface area contributed by atoms with Gasteiger partial charge in [0.05, 0.1) is 6.61 Å². The van der Waals surface area contributed by atoms with Crippen LogP contribution in [0.15, 0.2) is 12.3 Å². The molecule has 0 amide bonds. The van der Waals surface area contributed by atoms with Crippen molar-refractivity contribution < 1.29 is 4.74 Å². The number of nitrogens with zero attached hydrogens (tertiary/aromatic N) is 1. The second-order valence-corrected chi connectivity index (χ2v) is 13.9. The van der Waals surface area contributed by atoms with Crippen molar-refractivity contribution in [1.29, 1.82) is 0 Å². The van der Waals surface area contributed by atoms with E-state index in [1.165, 1.54) is 64.2 Å². The van der Waals surface area contributed by atoms with Crippen LogP contribution in [0.4, 0.5) is 0 Å². The molecule has 4 aliphatic rings. The van der Waals surface area contributed by atoms with Gasteiger partial charge in [0.25, 0.3) is 0 Å². The van der Waals surface area contributed by atoms with Gasteiger partial charge in [-0.3, -0.25) is 0 Å². The normalized spacial score (nSPS) is 43.7. The second kappa shape index (κ2) is 9.50. The van der Waals surface area contributed by atoms with Crippen LogP contribution < -0.4 is 10.5 Å². The summed E-state index contributed by atoms with van der Waals surface area (Å²) in [5.74, 6) is 5.33. The fraction of sp³-hybridized carbons (Fsp3) is 0.839. The van der Waals surface area contributed by atoms with Crippen molar-refractivity contribution in [2.24, 2.45) is 52.1 Å². The number of hydrogen-bond donors (Lipinski definition) is 1. The lowest BCUT2D eigenvalue weighted by Crippen LogP contribution is -2.69. The minimum atomic E-state index is 0.0723. The van der Waals surface area contributed by atoms with Crippen molar-refractivity contribution >= 4 is 11.6 Å². The van der Waals surface area contributed by atoms with Crippen LogP contribution in [-0.4, -0.2) is 17.1 Å². The molecule has 1 heterocycles. The van der Waals surface area contributed by atoms with Crippen LogP contribution in [0.1, 0.15) is 104 Å². The van der Waals surface area contributed by atoms with Crippen LogP contribution >= 0.6 is 11.6 Å². The van der Waals surface area contributed by atoms with E-state index in [0.717, 1.165) is 35.7 Å². The van der Waals surface area contributed by atoms with Crippen LogP contribution in [0.3, 0.4) is 0 Å². The van der Waals surface area contributed by atoms with Crippen LogP contribution in [0.2, 0.25) is 5.02 Å². The molecule has 0 radical (unpaired) electrons. The van der Waals surface area contributed by atoms with Crippen molar-refractivity contribution in [2.75, 3.05) is 6.61 Å². The van der Waals surface area contributed by atoms with Gasteiger partial charge in [-0.05, 0) is 116 Å². The predicted octanol–water partition coefficient (Wildman–Crippen LogP) is 8.21. The summed E-state index contributed by atoms with van der Waals surface area (Å²) in [5, 5.41) is 0.624. The molecule has 4 heteroatoms. The molecule has 4 saturated carbocycles. The van der Waals surface area contributed by atoms with E-state index in [1.807, 2.05) is 19.2 Å². The molecule has 3 nitrogen and oxygen atoms in total. The number of aryl methyl sites for hydroxylation is 1. The molecule has 35 heavy (non-hydrogen) atoms. The van der Waals surface area contributed by atoms with Crippen molar-refractivity contribution in [3.05, 3.63) is 22.8 Å². The third-order valence-corrected chi connectivity index (χ3v) is 12.4. The summed E-state index contributed by atoms with van der Waals surface area (Å²) in [4.78, 5) is 4.39. The molecular weight excluding hydrogens is 452 g/mol. The number of halogens is 1. The Hall–Kier alpha value is -0.800. The topological polar surface area (TPSA) is 48.1 Å². The lowest BCUT2D eigenvalue weighted by molar-refractivity contribution is -0.150. The Kier molecular flexibility index (Phi) is 7.01. The van der Waals surface area contributed by atoms with Gasteiger partial charge in [0.2, 0.25) is 5.88 Å². The zero-order valence-corrected chi connectivity index (χ0v) is 23.7. The predicted molar refractivity (Wildman–Crippen MR) is 146 cm³/mol. The first kappa shape index (κ1) is 25.8. The molecule has 4 aliphatic carbocycles. The Bertz CT molecular complexity index is 921. The van der Waals surface area contributed by atoms with Gasteiger partial charge in [-0.1, -0.05) is 58.6 Å². The number of hydrogen-bond acceptors (Lipinski definition) is 3. The van der Waals surface area contributed by atoms with Gasteiger partial charge < -0.3 is 10.5 Å². The number of ether oxygens (including phenoxy) is 1. The van der Waals surface area contributed by atoms with Gasteiger partial charge in [0.1, 0.15) is 5.02 Å². The maximum atomic E-state index is 7.40. The molecule has 5 rings (SSSR count). The Balaban J connectivity index is 1.29. The molecule has 0 spiro atoms. The monoisotopic (exact) mass is 500 g/mol. The van der Waals surface area contributed by atoms with E-state index in [4.69, 9.17) is 22.1 Å². The summed E-state index contributed by atoms with van der Waals surface area (Å²) < 4.78 is 6.03. The smallest absolute Gasteiger partial charge is 0.232 e. The van der Waals surface area contributed by atoms with E-state index >= 15 is 0 Å². The SMILES string of the molecule is CC[C@H]1C[C@H]2C3CC[C@H]([C@H](C)CCOc4ncc(C)cc4Cl)[C@@]3(C)CC[C@@H]2[C@@]2(C)CCCC[C@@]12N. The summed E-state index contributed by atoms with van der Waals surface area (Å²) in [6.07, 6.45) is 16.5. The Morgan fingerprint density at radius 3 is 2.66 bits per heavy atom. The quantitative estimate of drug-likeness (QED) is 0.428. The molecular formula is C31H49ClN2O. The van der Waals surface area contributed by atoms with Crippen molar-refractivity contribution in [3.8, 4) is 5.88 Å². The average molecular weight is 501 g/mol. The standard InChI is InChI=1S/C31H49ClN2O/c1-6-22-18-23-25-10-9-24(21(3)12-16-35-28-27(32)17-20(2)19-34-28)29(25,4)15-11-26(23)30(5)13-7-8-14-31(22,30)33/h17,19,21-26H,6-16,18,33H2,1-5H3/t21-,22+,23+,24-,25?,26+,29-,30-,31-/m1/s1. The van der Waals surface area contributed by atoms with Crippen LogP contribution in [-0.2, 0) is 0 Å². The van der Waals surface area contributed by atoms with Crippen molar-refractivity contribution in [3.63, 3.8) is 0 Å². The van der Waals surface area contributed by atoms with Gasteiger partial charge >= 0.3 is 0 Å². The van der Waals surface area contributed by atoms with Gasteiger partial charge in [0, 0.05) is 11.7 Å². The number of fused-ring (bicyclic) bond motifs is 5. The largest absolute Gasteiger partial charge is 0.477 e. The molecule has 1 aromatic rings. The maximum Gasteiger partial charge on any atom is 0.232 e. The average Bonchev–Trinajstić information content (AvgIpc) is 3.18. The summed E-state index contributed by atoms with van der Waals surface area (Å²) in [6.45, 7) is 12.9. The fourth-order valence-electron chi connectivity index (χ4n) is 10.3. The highest BCUT2D eigenvalue weighted by atomic mass is 35.5. The third kappa shape index (κ3) is 4.06. The molecule has 1 unspecified atom stereocenters. The van der Waals surface area contributed by atoms with Crippen LogP contribution in [0.25, 0.3) is 0 Å². The van der Waals surface area contributed by atoms with E-state index in [1.54, 1.807) is 0 Å². The van der Waals surface area contributed by atoms with E-state index < -0.39 is 0 Å². The van der Waals surface area contributed by atoms with Crippen LogP contribution in [0, 0.1) is 53.3 Å². The molecule has 9 atom stereocenters. The van der Waals surface area contributed by atoms with Gasteiger partial charge in [0.15, 0.2) is 0 Å². The van der Waals surface area contributed by atoms with E-state index in [0.29, 0.717) is 40.2 Å². The molecule has 2 N–H and O–H groups in total. The van der Waals surface area contributed by atoms with Gasteiger partial charge in [-0.25, -0.2) is 4.98 Å². The van der Waals surface area contributed by atoms with E-state index in [-0.39, 0.29) is 5.54 Å². The number of aromatic nitrogens is 1. The van der Waals surface area contributed by atoms with Crippen molar-refractivity contribution in [1.82, 2.24) is 4.98 Å².